The highest BCUT2D eigenvalue weighted by atomic mass is 16.5. The number of nitrogens with zero attached hydrogens (tertiary/aromatic N) is 2. The van der Waals surface area contributed by atoms with Gasteiger partial charge in [0, 0.05) is 31.6 Å². The van der Waals surface area contributed by atoms with E-state index in [-0.39, 0.29) is 11.8 Å². The van der Waals surface area contributed by atoms with Crippen molar-refractivity contribution in [3.05, 3.63) is 41.7 Å². The van der Waals surface area contributed by atoms with E-state index in [0.29, 0.717) is 30.0 Å². The number of aryl methyl sites for hydroxylation is 1. The molecule has 1 aliphatic rings. The molecule has 3 rings (SSSR count). The Morgan fingerprint density at radius 1 is 1.21 bits per heavy atom. The van der Waals surface area contributed by atoms with Crippen molar-refractivity contribution in [3.8, 4) is 11.3 Å². The summed E-state index contributed by atoms with van der Waals surface area (Å²) in [6.07, 6.45) is 2.45. The van der Waals surface area contributed by atoms with E-state index < -0.39 is 0 Å². The number of likely N-dealkylation sites (tertiary alicyclic amines) is 1. The second-order valence-electron chi connectivity index (χ2n) is 5.92. The molecule has 0 bridgehead atoms. The molecule has 6 nitrogen and oxygen atoms in total. The van der Waals surface area contributed by atoms with Gasteiger partial charge < -0.3 is 14.7 Å². The van der Waals surface area contributed by atoms with Crippen molar-refractivity contribution in [1.29, 1.82) is 0 Å². The van der Waals surface area contributed by atoms with E-state index >= 15 is 0 Å². The smallest absolute Gasteiger partial charge is 0.257 e. The van der Waals surface area contributed by atoms with E-state index in [4.69, 9.17) is 4.52 Å². The molecule has 2 amide bonds. The largest absolute Gasteiger partial charge is 0.360 e. The molecule has 1 aromatic heterocycles. The standard InChI is InChI=1S/C18H21N3O3/c1-13-16(17(20-24-13)14-7-3-2-4-8-14)18(23)19-10-9-15(22)21-11-5-6-12-21/h2-4,7-8H,5-6,9-12H2,1H3,(H,19,23). The topological polar surface area (TPSA) is 75.4 Å². The van der Waals surface area contributed by atoms with Gasteiger partial charge in [0.15, 0.2) is 0 Å². The van der Waals surface area contributed by atoms with Crippen molar-refractivity contribution >= 4 is 11.8 Å². The lowest BCUT2D eigenvalue weighted by Gasteiger charge is -2.15. The minimum atomic E-state index is -0.262. The van der Waals surface area contributed by atoms with Gasteiger partial charge in [0.05, 0.1) is 0 Å². The molecule has 24 heavy (non-hydrogen) atoms. The summed E-state index contributed by atoms with van der Waals surface area (Å²) in [5.41, 5.74) is 1.78. The van der Waals surface area contributed by atoms with E-state index in [2.05, 4.69) is 10.5 Å². The minimum absolute atomic E-state index is 0.0955. The third-order valence-electron chi connectivity index (χ3n) is 4.22. The van der Waals surface area contributed by atoms with Gasteiger partial charge in [0.25, 0.3) is 5.91 Å². The maximum Gasteiger partial charge on any atom is 0.257 e. The average molecular weight is 327 g/mol. The highest BCUT2D eigenvalue weighted by Gasteiger charge is 2.22. The summed E-state index contributed by atoms with van der Waals surface area (Å²) in [7, 11) is 0. The zero-order valence-electron chi connectivity index (χ0n) is 13.7. The first-order chi connectivity index (χ1) is 11.7. The molecule has 126 valence electrons. The fraction of sp³-hybridized carbons (Fsp3) is 0.389. The van der Waals surface area contributed by atoms with Crippen LogP contribution in [0.25, 0.3) is 11.3 Å². The Hall–Kier alpha value is -2.63. The summed E-state index contributed by atoms with van der Waals surface area (Å²) >= 11 is 0. The van der Waals surface area contributed by atoms with Crippen LogP contribution in [-0.2, 0) is 4.79 Å². The molecule has 6 heteroatoms. The molecule has 0 aliphatic carbocycles. The lowest BCUT2D eigenvalue weighted by atomic mass is 10.1. The van der Waals surface area contributed by atoms with Gasteiger partial charge in [-0.1, -0.05) is 35.5 Å². The fourth-order valence-corrected chi connectivity index (χ4v) is 2.93. The zero-order valence-corrected chi connectivity index (χ0v) is 13.7. The summed E-state index contributed by atoms with van der Waals surface area (Å²) in [6, 6.07) is 9.43. The Bertz CT molecular complexity index is 718. The second kappa shape index (κ2) is 7.29. The van der Waals surface area contributed by atoms with Crippen LogP contribution in [0.5, 0.6) is 0 Å². The number of hydrogen-bond acceptors (Lipinski definition) is 4. The maximum absolute atomic E-state index is 12.5. The number of aromatic nitrogens is 1. The third-order valence-corrected chi connectivity index (χ3v) is 4.22. The number of hydrogen-bond donors (Lipinski definition) is 1. The van der Waals surface area contributed by atoms with Gasteiger partial charge in [0.1, 0.15) is 17.0 Å². The van der Waals surface area contributed by atoms with E-state index in [0.717, 1.165) is 31.5 Å². The van der Waals surface area contributed by atoms with Crippen molar-refractivity contribution < 1.29 is 14.1 Å². The number of nitrogens with one attached hydrogen (secondary N) is 1. The highest BCUT2D eigenvalue weighted by molar-refractivity contribution is 6.00. The van der Waals surface area contributed by atoms with Crippen molar-refractivity contribution in [2.24, 2.45) is 0 Å². The average Bonchev–Trinajstić information content (AvgIpc) is 3.25. The predicted octanol–water partition coefficient (Wildman–Crippen LogP) is 2.39. The van der Waals surface area contributed by atoms with Crippen LogP contribution in [0.3, 0.4) is 0 Å². The quantitative estimate of drug-likeness (QED) is 0.915. The summed E-state index contributed by atoms with van der Waals surface area (Å²) in [5.74, 6) is 0.303. The van der Waals surface area contributed by atoms with Crippen LogP contribution in [0.2, 0.25) is 0 Å². The lowest BCUT2D eigenvalue weighted by Crippen LogP contribution is -2.32. The van der Waals surface area contributed by atoms with Gasteiger partial charge in [-0.15, -0.1) is 0 Å². The fourth-order valence-electron chi connectivity index (χ4n) is 2.93. The summed E-state index contributed by atoms with van der Waals surface area (Å²) < 4.78 is 5.19. The van der Waals surface area contributed by atoms with Crippen molar-refractivity contribution in [1.82, 2.24) is 15.4 Å². The first-order valence-electron chi connectivity index (χ1n) is 8.24. The van der Waals surface area contributed by atoms with E-state index in [1.54, 1.807) is 6.92 Å². The van der Waals surface area contributed by atoms with Gasteiger partial charge in [0.2, 0.25) is 5.91 Å². The molecule has 1 aromatic carbocycles. The molecular weight excluding hydrogens is 306 g/mol. The zero-order chi connectivity index (χ0) is 16.9. The Balaban J connectivity index is 1.63. The van der Waals surface area contributed by atoms with Crippen molar-refractivity contribution in [2.45, 2.75) is 26.2 Å². The molecular formula is C18H21N3O3. The molecule has 0 saturated carbocycles. The van der Waals surface area contributed by atoms with E-state index in [1.807, 2.05) is 35.2 Å². The SMILES string of the molecule is Cc1onc(-c2ccccc2)c1C(=O)NCCC(=O)N1CCCC1. The van der Waals surface area contributed by atoms with Gasteiger partial charge in [-0.05, 0) is 19.8 Å². The molecule has 0 atom stereocenters. The van der Waals surface area contributed by atoms with Crippen LogP contribution in [0, 0.1) is 6.92 Å². The molecule has 0 radical (unpaired) electrons. The van der Waals surface area contributed by atoms with Gasteiger partial charge >= 0.3 is 0 Å². The van der Waals surface area contributed by atoms with Crippen LogP contribution in [-0.4, -0.2) is 41.5 Å². The van der Waals surface area contributed by atoms with Crippen LogP contribution < -0.4 is 5.32 Å². The number of carbonyl (C=O) groups excluding carboxylic acids is 2. The predicted molar refractivity (Wildman–Crippen MR) is 89.4 cm³/mol. The Morgan fingerprint density at radius 3 is 2.62 bits per heavy atom. The third kappa shape index (κ3) is 3.48. The molecule has 1 saturated heterocycles. The summed E-state index contributed by atoms with van der Waals surface area (Å²) in [4.78, 5) is 26.4. The van der Waals surface area contributed by atoms with Crippen molar-refractivity contribution in [2.75, 3.05) is 19.6 Å². The summed E-state index contributed by atoms with van der Waals surface area (Å²) in [6.45, 7) is 3.68. The number of rotatable bonds is 5. The summed E-state index contributed by atoms with van der Waals surface area (Å²) in [5, 5.41) is 6.81. The normalized spacial score (nSPS) is 14.0. The molecule has 0 spiro atoms. The first-order valence-corrected chi connectivity index (χ1v) is 8.24. The maximum atomic E-state index is 12.5. The number of amides is 2. The van der Waals surface area contributed by atoms with Crippen LogP contribution in [0.4, 0.5) is 0 Å². The minimum Gasteiger partial charge on any atom is -0.360 e. The first kappa shape index (κ1) is 16.2. The molecule has 2 aromatic rings. The Labute approximate surface area is 140 Å². The second-order valence-corrected chi connectivity index (χ2v) is 5.92. The molecule has 1 fully saturated rings. The highest BCUT2D eigenvalue weighted by Crippen LogP contribution is 2.24. The van der Waals surface area contributed by atoms with Gasteiger partial charge in [-0.25, -0.2) is 0 Å². The Kier molecular flexibility index (Phi) is 4.93. The lowest BCUT2D eigenvalue weighted by molar-refractivity contribution is -0.129. The monoisotopic (exact) mass is 327 g/mol. The van der Waals surface area contributed by atoms with Gasteiger partial charge in [-0.3, -0.25) is 9.59 Å². The van der Waals surface area contributed by atoms with E-state index in [1.165, 1.54) is 0 Å². The number of carbonyl (C=O) groups is 2. The van der Waals surface area contributed by atoms with E-state index in [9.17, 15) is 9.59 Å². The number of benzene rings is 1. The van der Waals surface area contributed by atoms with Gasteiger partial charge in [-0.2, -0.15) is 0 Å². The Morgan fingerprint density at radius 2 is 1.92 bits per heavy atom. The van der Waals surface area contributed by atoms with Crippen molar-refractivity contribution in [3.63, 3.8) is 0 Å². The molecule has 2 heterocycles. The molecule has 1 aliphatic heterocycles. The molecule has 1 N–H and O–H groups in total. The van der Waals surface area contributed by atoms with Crippen LogP contribution >= 0.6 is 0 Å². The molecule has 0 unspecified atom stereocenters. The van der Waals surface area contributed by atoms with Crippen LogP contribution in [0.15, 0.2) is 34.9 Å². The van der Waals surface area contributed by atoms with Crippen LogP contribution in [0.1, 0.15) is 35.4 Å².